The molecule has 0 bridgehead atoms. The molecule has 0 amide bonds. The Kier molecular flexibility index (Phi) is 5.38. The van der Waals surface area contributed by atoms with Crippen LogP contribution in [0.4, 0.5) is 0 Å². The van der Waals surface area contributed by atoms with Crippen molar-refractivity contribution in [3.05, 3.63) is 67.2 Å². The zero-order valence-electron chi connectivity index (χ0n) is 17.3. The third-order valence-corrected chi connectivity index (χ3v) is 6.64. The second-order valence-corrected chi connectivity index (χ2v) is 9.13. The number of aromatic nitrogens is 2. The summed E-state index contributed by atoms with van der Waals surface area (Å²) in [4.78, 5) is 40.0. The smallest absolute Gasteiger partial charge is 0.332 e. The van der Waals surface area contributed by atoms with Crippen LogP contribution in [0.5, 0.6) is 0 Å². The zero-order valence-corrected chi connectivity index (χ0v) is 18.1. The van der Waals surface area contributed by atoms with Gasteiger partial charge in [-0.15, -0.1) is 11.3 Å². The monoisotopic (exact) mass is 428 g/mol. The molecule has 0 radical (unpaired) electrons. The fourth-order valence-corrected chi connectivity index (χ4v) is 5.06. The summed E-state index contributed by atoms with van der Waals surface area (Å²) in [6.45, 7) is 4.38. The topological polar surface area (TPSA) is 79.5 Å². The van der Waals surface area contributed by atoms with Gasteiger partial charge < -0.3 is 9.47 Å². The lowest BCUT2D eigenvalue weighted by Crippen LogP contribution is -2.42. The highest BCUT2D eigenvalue weighted by atomic mass is 32.1. The molecule has 0 unspecified atom stereocenters. The predicted molar refractivity (Wildman–Crippen MR) is 115 cm³/mol. The van der Waals surface area contributed by atoms with Crippen molar-refractivity contribution < 1.29 is 14.3 Å². The van der Waals surface area contributed by atoms with Crippen molar-refractivity contribution in [1.29, 1.82) is 0 Å². The molecular weight excluding hydrogens is 404 g/mol. The third kappa shape index (κ3) is 3.73. The number of benzene rings is 1. The van der Waals surface area contributed by atoms with Crippen LogP contribution in [-0.2, 0) is 46.8 Å². The van der Waals surface area contributed by atoms with Crippen molar-refractivity contribution in [1.82, 2.24) is 9.13 Å². The van der Waals surface area contributed by atoms with Crippen LogP contribution in [0.15, 0.2) is 39.9 Å². The van der Waals surface area contributed by atoms with E-state index in [1.165, 1.54) is 18.4 Å². The highest BCUT2D eigenvalue weighted by Gasteiger charge is 2.32. The van der Waals surface area contributed by atoms with Gasteiger partial charge in [-0.1, -0.05) is 30.3 Å². The number of nitrogens with zero attached hydrogens (tertiary/aromatic N) is 2. The lowest BCUT2D eigenvalue weighted by Gasteiger charge is -2.29. The van der Waals surface area contributed by atoms with Crippen LogP contribution in [0.25, 0.3) is 10.2 Å². The van der Waals surface area contributed by atoms with Crippen LogP contribution >= 0.6 is 11.3 Å². The van der Waals surface area contributed by atoms with Crippen LogP contribution in [-0.4, -0.2) is 27.8 Å². The SMILES string of the molecule is COC(=O)Cn1c(=O)c2c3c(sc2n(CCc2ccccc2)c1=O)COC(C)(C)C3. The summed E-state index contributed by atoms with van der Waals surface area (Å²) in [5.41, 5.74) is 0.683. The normalized spacial score (nSPS) is 15.2. The van der Waals surface area contributed by atoms with Gasteiger partial charge in [0.1, 0.15) is 11.4 Å². The molecule has 0 spiro atoms. The Morgan fingerprint density at radius 3 is 2.63 bits per heavy atom. The lowest BCUT2D eigenvalue weighted by molar-refractivity contribution is -0.141. The van der Waals surface area contributed by atoms with E-state index in [-0.39, 0.29) is 0 Å². The fraction of sp³-hybridized carbons (Fsp3) is 0.409. The van der Waals surface area contributed by atoms with Gasteiger partial charge in [0.05, 0.1) is 24.7 Å². The molecule has 30 heavy (non-hydrogen) atoms. The summed E-state index contributed by atoms with van der Waals surface area (Å²) in [6, 6.07) is 9.86. The predicted octanol–water partition coefficient (Wildman–Crippen LogP) is 2.49. The van der Waals surface area contributed by atoms with Crippen molar-refractivity contribution in [3.63, 3.8) is 0 Å². The van der Waals surface area contributed by atoms with Crippen molar-refractivity contribution >= 4 is 27.5 Å². The van der Waals surface area contributed by atoms with Crippen molar-refractivity contribution in [2.45, 2.75) is 52.0 Å². The van der Waals surface area contributed by atoms with E-state index in [0.29, 0.717) is 36.2 Å². The molecule has 3 heterocycles. The number of methoxy groups -OCH3 is 1. The Morgan fingerprint density at radius 2 is 1.93 bits per heavy atom. The summed E-state index contributed by atoms with van der Waals surface area (Å²) < 4.78 is 13.2. The van der Waals surface area contributed by atoms with E-state index in [1.807, 2.05) is 44.2 Å². The first-order chi connectivity index (χ1) is 14.3. The molecule has 0 fully saturated rings. The molecule has 3 aromatic rings. The number of esters is 1. The van der Waals surface area contributed by atoms with Gasteiger partial charge in [-0.2, -0.15) is 0 Å². The average Bonchev–Trinajstić information content (AvgIpc) is 3.09. The Hall–Kier alpha value is -2.71. The zero-order chi connectivity index (χ0) is 21.5. The van der Waals surface area contributed by atoms with Gasteiger partial charge in [-0.05, 0) is 31.4 Å². The number of hydrogen-bond acceptors (Lipinski definition) is 6. The van der Waals surface area contributed by atoms with E-state index in [9.17, 15) is 14.4 Å². The maximum Gasteiger partial charge on any atom is 0.332 e. The standard InChI is InChI=1S/C22H24N2O5S/c1-22(2)11-15-16(13-29-22)30-20-18(15)19(26)24(12-17(25)28-3)21(27)23(20)10-9-14-7-5-4-6-8-14/h4-8H,9-13H2,1-3H3. The van der Waals surface area contributed by atoms with Crippen LogP contribution in [0.3, 0.4) is 0 Å². The molecule has 0 aliphatic carbocycles. The fourth-order valence-electron chi connectivity index (χ4n) is 3.82. The van der Waals surface area contributed by atoms with E-state index in [0.717, 1.165) is 20.6 Å². The van der Waals surface area contributed by atoms with E-state index in [1.54, 1.807) is 4.57 Å². The summed E-state index contributed by atoms with van der Waals surface area (Å²) in [6.07, 6.45) is 1.21. The van der Waals surface area contributed by atoms with E-state index < -0.39 is 29.4 Å². The largest absolute Gasteiger partial charge is 0.468 e. The van der Waals surface area contributed by atoms with Gasteiger partial charge in [0, 0.05) is 17.8 Å². The highest BCUT2D eigenvalue weighted by Crippen LogP contribution is 2.37. The molecule has 1 aromatic carbocycles. The Labute approximate surface area is 177 Å². The van der Waals surface area contributed by atoms with Crippen molar-refractivity contribution in [2.24, 2.45) is 0 Å². The third-order valence-electron chi connectivity index (χ3n) is 5.42. The first-order valence-electron chi connectivity index (χ1n) is 9.83. The van der Waals surface area contributed by atoms with Gasteiger partial charge in [-0.25, -0.2) is 9.36 Å². The van der Waals surface area contributed by atoms with Crippen molar-refractivity contribution in [3.8, 4) is 0 Å². The number of carbonyl (C=O) groups excluding carboxylic acids is 1. The maximum atomic E-state index is 13.3. The number of fused-ring (bicyclic) bond motifs is 3. The lowest BCUT2D eigenvalue weighted by atomic mass is 9.94. The Morgan fingerprint density at radius 1 is 1.20 bits per heavy atom. The summed E-state index contributed by atoms with van der Waals surface area (Å²) in [5, 5.41) is 0.517. The number of aryl methyl sites for hydroxylation is 2. The Bertz CT molecular complexity index is 1220. The number of hydrogen-bond donors (Lipinski definition) is 0. The molecule has 2 aromatic heterocycles. The minimum absolute atomic E-state index is 0.397. The first kappa shape index (κ1) is 20.6. The second kappa shape index (κ2) is 7.85. The molecule has 0 saturated carbocycles. The quantitative estimate of drug-likeness (QED) is 0.584. The molecule has 158 valence electrons. The van der Waals surface area contributed by atoms with E-state index in [2.05, 4.69) is 0 Å². The maximum absolute atomic E-state index is 13.3. The molecule has 8 heteroatoms. The second-order valence-electron chi connectivity index (χ2n) is 8.05. The molecular formula is C22H24N2O5S. The number of thiophene rings is 1. The molecule has 0 N–H and O–H groups in total. The molecule has 0 saturated heterocycles. The summed E-state index contributed by atoms with van der Waals surface area (Å²) in [5.74, 6) is -0.629. The van der Waals surface area contributed by atoms with E-state index >= 15 is 0 Å². The van der Waals surface area contributed by atoms with Gasteiger partial charge in [0.2, 0.25) is 0 Å². The number of carbonyl (C=O) groups is 1. The minimum Gasteiger partial charge on any atom is -0.468 e. The van der Waals surface area contributed by atoms with Gasteiger partial charge in [-0.3, -0.25) is 14.2 Å². The van der Waals surface area contributed by atoms with Crippen LogP contribution in [0.1, 0.15) is 29.9 Å². The van der Waals surface area contributed by atoms with Gasteiger partial charge in [0.25, 0.3) is 5.56 Å². The summed E-state index contributed by atoms with van der Waals surface area (Å²) in [7, 11) is 1.24. The molecule has 4 rings (SSSR count). The number of ether oxygens (including phenoxy) is 2. The van der Waals surface area contributed by atoms with Gasteiger partial charge >= 0.3 is 11.7 Å². The molecule has 0 atom stereocenters. The number of rotatable bonds is 5. The van der Waals surface area contributed by atoms with Crippen LogP contribution in [0.2, 0.25) is 0 Å². The van der Waals surface area contributed by atoms with Crippen molar-refractivity contribution in [2.75, 3.05) is 7.11 Å². The van der Waals surface area contributed by atoms with Gasteiger partial charge in [0.15, 0.2) is 0 Å². The minimum atomic E-state index is -0.629. The van der Waals surface area contributed by atoms with E-state index in [4.69, 9.17) is 9.47 Å². The highest BCUT2D eigenvalue weighted by molar-refractivity contribution is 7.18. The van der Waals surface area contributed by atoms with Crippen LogP contribution < -0.4 is 11.2 Å². The first-order valence-corrected chi connectivity index (χ1v) is 10.6. The average molecular weight is 429 g/mol. The summed E-state index contributed by atoms with van der Waals surface area (Å²) >= 11 is 1.43. The Balaban J connectivity index is 1.90. The van der Waals surface area contributed by atoms with Crippen LogP contribution in [0, 0.1) is 0 Å². The molecule has 7 nitrogen and oxygen atoms in total. The molecule has 1 aliphatic rings. The molecule has 1 aliphatic heterocycles.